The van der Waals surface area contributed by atoms with Crippen molar-refractivity contribution < 1.29 is 18.0 Å². The Hall–Kier alpha value is -0.490. The highest BCUT2D eigenvalue weighted by Gasteiger charge is 2.30. The first kappa shape index (κ1) is 14.1. The van der Waals surface area contributed by atoms with Gasteiger partial charge >= 0.3 is 6.18 Å². The fraction of sp³-hybridized carbons (Fsp3) is 0.800. The molecule has 0 aromatic heterocycles. The molecule has 0 spiro atoms. The molecule has 3 nitrogen and oxygen atoms in total. The second kappa shape index (κ2) is 5.21. The number of carbonyl (C=O) groups excluding carboxylic acids is 1. The highest BCUT2D eigenvalue weighted by Crippen LogP contribution is 2.15. The van der Waals surface area contributed by atoms with Crippen LogP contribution in [0.2, 0.25) is 0 Å². The summed E-state index contributed by atoms with van der Waals surface area (Å²) < 4.78 is 34.7. The molecule has 0 aliphatic rings. The minimum atomic E-state index is -4.35. The second-order valence-electron chi connectivity index (χ2n) is 2.07. The van der Waals surface area contributed by atoms with Gasteiger partial charge < -0.3 is 10.6 Å². The van der Waals surface area contributed by atoms with Gasteiger partial charge in [-0.15, -0.1) is 12.4 Å². The number of nitrogens with zero attached hydrogens (tertiary/aromatic N) is 1. The Morgan fingerprint density at radius 2 is 1.92 bits per heavy atom. The minimum absolute atomic E-state index is 0. The van der Waals surface area contributed by atoms with Crippen molar-refractivity contribution in [2.45, 2.75) is 6.18 Å². The summed E-state index contributed by atoms with van der Waals surface area (Å²) in [5.41, 5.74) is 4.83. The largest absolute Gasteiger partial charge is 0.406 e. The molecule has 2 N–H and O–H groups in total. The zero-order chi connectivity index (χ0) is 9.07. The molecule has 0 aliphatic carbocycles. The molecule has 0 fully saturated rings. The van der Waals surface area contributed by atoms with Crippen LogP contribution in [0.4, 0.5) is 13.2 Å². The van der Waals surface area contributed by atoms with Crippen LogP contribution in [0.1, 0.15) is 0 Å². The van der Waals surface area contributed by atoms with E-state index in [9.17, 15) is 18.0 Å². The van der Waals surface area contributed by atoms with Crippen molar-refractivity contribution in [1.82, 2.24) is 4.90 Å². The molecule has 12 heavy (non-hydrogen) atoms. The van der Waals surface area contributed by atoms with Crippen LogP contribution in [0, 0.1) is 0 Å². The van der Waals surface area contributed by atoms with Crippen molar-refractivity contribution in [3.05, 3.63) is 0 Å². The molecule has 0 rings (SSSR count). The topological polar surface area (TPSA) is 46.3 Å². The predicted molar refractivity (Wildman–Crippen MR) is 40.0 cm³/mol. The fourth-order valence-electron chi connectivity index (χ4n) is 0.513. The lowest BCUT2D eigenvalue weighted by atomic mass is 10.5. The Labute approximate surface area is 74.1 Å². The van der Waals surface area contributed by atoms with Crippen LogP contribution >= 0.6 is 12.4 Å². The molecule has 0 aromatic rings. The van der Waals surface area contributed by atoms with E-state index in [0.29, 0.717) is 4.90 Å². The summed E-state index contributed by atoms with van der Waals surface area (Å²) in [6.07, 6.45) is -4.35. The predicted octanol–water partition coefficient (Wildman–Crippen LogP) is 0.388. The standard InChI is InChI=1S/C5H9F3N2O.ClH/c1-10(4(11)2-9)3-5(6,7)8;/h2-3,9H2,1H3;1H. The van der Waals surface area contributed by atoms with Crippen LogP contribution in [-0.4, -0.2) is 37.1 Å². The Balaban J connectivity index is 0. The van der Waals surface area contributed by atoms with E-state index >= 15 is 0 Å². The first-order chi connectivity index (χ1) is 4.87. The minimum Gasteiger partial charge on any atom is -0.336 e. The molecule has 0 saturated carbocycles. The lowest BCUT2D eigenvalue weighted by Crippen LogP contribution is -2.39. The lowest BCUT2D eigenvalue weighted by molar-refractivity contribution is -0.157. The number of alkyl halides is 3. The average molecular weight is 207 g/mol. The van der Waals surface area contributed by atoms with E-state index in [1.54, 1.807) is 0 Å². The fourth-order valence-corrected chi connectivity index (χ4v) is 0.513. The molecule has 1 amide bonds. The van der Waals surface area contributed by atoms with Gasteiger partial charge in [-0.2, -0.15) is 13.2 Å². The van der Waals surface area contributed by atoms with Crippen molar-refractivity contribution in [2.75, 3.05) is 20.1 Å². The molecule has 7 heteroatoms. The Bertz CT molecular complexity index is 150. The van der Waals surface area contributed by atoms with Gasteiger partial charge in [-0.3, -0.25) is 4.79 Å². The summed E-state index contributed by atoms with van der Waals surface area (Å²) in [5.74, 6) is -0.720. The van der Waals surface area contributed by atoms with E-state index in [1.807, 2.05) is 0 Å². The summed E-state index contributed by atoms with van der Waals surface area (Å²) in [6.45, 7) is -1.64. The third kappa shape index (κ3) is 6.23. The molecule has 0 bridgehead atoms. The van der Waals surface area contributed by atoms with Gasteiger partial charge in [-0.1, -0.05) is 0 Å². The van der Waals surface area contributed by atoms with Gasteiger partial charge in [0.15, 0.2) is 0 Å². The second-order valence-corrected chi connectivity index (χ2v) is 2.07. The smallest absolute Gasteiger partial charge is 0.336 e. The highest BCUT2D eigenvalue weighted by atomic mass is 35.5. The van der Waals surface area contributed by atoms with Gasteiger partial charge in [0.1, 0.15) is 6.54 Å². The average Bonchev–Trinajstić information content (AvgIpc) is 1.82. The lowest BCUT2D eigenvalue weighted by Gasteiger charge is -2.17. The van der Waals surface area contributed by atoms with Crippen LogP contribution in [0.25, 0.3) is 0 Å². The number of amides is 1. The number of likely N-dealkylation sites (N-methyl/N-ethyl adjacent to an activating group) is 1. The Kier molecular flexibility index (Phi) is 6.10. The number of hydrogen-bond donors (Lipinski definition) is 1. The summed E-state index contributed by atoms with van der Waals surface area (Å²) in [5, 5.41) is 0. The number of hydrogen-bond acceptors (Lipinski definition) is 2. The van der Waals surface area contributed by atoms with Gasteiger partial charge in [0.25, 0.3) is 0 Å². The van der Waals surface area contributed by atoms with Gasteiger partial charge in [0.2, 0.25) is 5.91 Å². The van der Waals surface area contributed by atoms with Gasteiger partial charge in [-0.05, 0) is 0 Å². The van der Waals surface area contributed by atoms with Gasteiger partial charge in [0.05, 0.1) is 6.54 Å². The maximum absolute atomic E-state index is 11.6. The van der Waals surface area contributed by atoms with Crippen LogP contribution in [0.15, 0.2) is 0 Å². The van der Waals surface area contributed by atoms with E-state index in [-0.39, 0.29) is 12.4 Å². The maximum Gasteiger partial charge on any atom is 0.406 e. The van der Waals surface area contributed by atoms with Crippen molar-refractivity contribution in [2.24, 2.45) is 5.73 Å². The third-order valence-corrected chi connectivity index (χ3v) is 1.02. The van der Waals surface area contributed by atoms with Crippen LogP contribution in [0.5, 0.6) is 0 Å². The van der Waals surface area contributed by atoms with E-state index < -0.39 is 25.2 Å². The quantitative estimate of drug-likeness (QED) is 0.711. The molecule has 0 aromatic carbocycles. The maximum atomic E-state index is 11.6. The van der Waals surface area contributed by atoms with Crippen molar-refractivity contribution in [1.29, 1.82) is 0 Å². The number of carbonyl (C=O) groups is 1. The normalized spacial score (nSPS) is 10.4. The van der Waals surface area contributed by atoms with Crippen LogP contribution in [-0.2, 0) is 4.79 Å². The summed E-state index contributed by atoms with van der Waals surface area (Å²) in [6, 6.07) is 0. The molecular formula is C5H10ClF3N2O. The van der Waals surface area contributed by atoms with Crippen molar-refractivity contribution in [3.63, 3.8) is 0 Å². The monoisotopic (exact) mass is 206 g/mol. The summed E-state index contributed by atoms with van der Waals surface area (Å²) >= 11 is 0. The van der Waals surface area contributed by atoms with E-state index in [0.717, 1.165) is 7.05 Å². The number of rotatable bonds is 2. The SMILES string of the molecule is CN(CC(F)(F)F)C(=O)CN.Cl. The zero-order valence-electron chi connectivity index (χ0n) is 6.39. The first-order valence-electron chi connectivity index (χ1n) is 2.87. The molecule has 74 valence electrons. The molecule has 0 radical (unpaired) electrons. The first-order valence-corrected chi connectivity index (χ1v) is 2.87. The van der Waals surface area contributed by atoms with Crippen LogP contribution < -0.4 is 5.73 Å². The Morgan fingerprint density at radius 1 is 1.50 bits per heavy atom. The van der Waals surface area contributed by atoms with Crippen molar-refractivity contribution in [3.8, 4) is 0 Å². The molecule has 0 aliphatic heterocycles. The summed E-state index contributed by atoms with van der Waals surface area (Å²) in [7, 11) is 1.06. The Morgan fingerprint density at radius 3 is 2.17 bits per heavy atom. The molecule has 0 unspecified atom stereocenters. The highest BCUT2D eigenvalue weighted by molar-refractivity contribution is 5.85. The van der Waals surface area contributed by atoms with E-state index in [4.69, 9.17) is 5.73 Å². The van der Waals surface area contributed by atoms with Crippen molar-refractivity contribution >= 4 is 18.3 Å². The number of halogens is 4. The van der Waals surface area contributed by atoms with Crippen LogP contribution in [0.3, 0.4) is 0 Å². The molecule has 0 saturated heterocycles. The third-order valence-electron chi connectivity index (χ3n) is 1.02. The van der Waals surface area contributed by atoms with Gasteiger partial charge in [-0.25, -0.2) is 0 Å². The van der Waals surface area contributed by atoms with E-state index in [2.05, 4.69) is 0 Å². The molecule has 0 heterocycles. The van der Waals surface area contributed by atoms with Gasteiger partial charge in [0, 0.05) is 7.05 Å². The van der Waals surface area contributed by atoms with E-state index in [1.165, 1.54) is 0 Å². The number of nitrogens with two attached hydrogens (primary N) is 1. The molecule has 0 atom stereocenters. The zero-order valence-corrected chi connectivity index (χ0v) is 7.21. The molecular weight excluding hydrogens is 197 g/mol. The summed E-state index contributed by atoms with van der Waals surface area (Å²) in [4.78, 5) is 11.0.